The molecule has 0 amide bonds. The number of amidine groups is 1. The third kappa shape index (κ3) is 5.05. The molecule has 1 aromatic rings. The zero-order chi connectivity index (χ0) is 8.81. The van der Waals surface area contributed by atoms with Crippen molar-refractivity contribution in [3.63, 3.8) is 0 Å². The molecule has 0 saturated heterocycles. The fourth-order valence-electron chi connectivity index (χ4n) is 0.725. The summed E-state index contributed by atoms with van der Waals surface area (Å²) in [4.78, 5) is 3.93. The van der Waals surface area contributed by atoms with Crippen molar-refractivity contribution in [3.8, 4) is 0 Å². The van der Waals surface area contributed by atoms with Gasteiger partial charge in [0, 0.05) is 6.21 Å². The van der Waals surface area contributed by atoms with Crippen LogP contribution in [0.3, 0.4) is 0 Å². The molecular weight excluding hydrogens is 295 g/mol. The van der Waals surface area contributed by atoms with Crippen LogP contribution in [0, 0.1) is 5.41 Å². The Morgan fingerprint density at radius 1 is 1.38 bits per heavy atom. The van der Waals surface area contributed by atoms with Gasteiger partial charge in [0.2, 0.25) is 0 Å². The minimum atomic E-state index is 0. The monoisotopic (exact) mass is 306 g/mol. The van der Waals surface area contributed by atoms with Gasteiger partial charge in [-0.05, 0) is 11.8 Å². The lowest BCUT2D eigenvalue weighted by Gasteiger charge is -1.90. The van der Waals surface area contributed by atoms with Gasteiger partial charge in [-0.15, -0.1) is 24.0 Å². The van der Waals surface area contributed by atoms with Crippen LogP contribution < -0.4 is 0 Å². The van der Waals surface area contributed by atoms with Crippen molar-refractivity contribution < 1.29 is 0 Å². The molecule has 0 aliphatic carbocycles. The first-order chi connectivity index (χ1) is 5.83. The van der Waals surface area contributed by atoms with Crippen LogP contribution in [0.4, 0.5) is 0 Å². The lowest BCUT2D eigenvalue weighted by atomic mass is 10.2. The molecule has 0 unspecified atom stereocenters. The molecule has 0 aliphatic heterocycles. The average molecular weight is 306 g/mol. The topological polar surface area (TPSA) is 36.2 Å². The number of nitrogens with one attached hydrogen (secondary N) is 1. The number of hydrogen-bond donors (Lipinski definition) is 1. The van der Waals surface area contributed by atoms with E-state index in [0.29, 0.717) is 5.17 Å². The van der Waals surface area contributed by atoms with Gasteiger partial charge < -0.3 is 0 Å². The molecule has 1 aromatic carbocycles. The van der Waals surface area contributed by atoms with Crippen molar-refractivity contribution in [1.82, 2.24) is 0 Å². The highest BCUT2D eigenvalue weighted by atomic mass is 127. The van der Waals surface area contributed by atoms with E-state index in [-0.39, 0.29) is 24.0 Å². The molecule has 0 bridgehead atoms. The molecule has 0 fully saturated rings. The Balaban J connectivity index is 0.00000144. The Kier molecular flexibility index (Phi) is 6.89. The SMILES string of the molecule is CSC(=N)N=Cc1ccccc1.I. The smallest absolute Gasteiger partial charge is 0.179 e. The predicted molar refractivity (Wildman–Crippen MR) is 70.7 cm³/mol. The van der Waals surface area contributed by atoms with E-state index in [9.17, 15) is 0 Å². The van der Waals surface area contributed by atoms with Crippen LogP contribution >= 0.6 is 35.7 Å². The third-order valence-electron chi connectivity index (χ3n) is 1.32. The van der Waals surface area contributed by atoms with Crippen LogP contribution in [0.15, 0.2) is 35.3 Å². The molecule has 0 aliphatic rings. The molecule has 0 aromatic heterocycles. The lowest BCUT2D eigenvalue weighted by Crippen LogP contribution is -1.85. The van der Waals surface area contributed by atoms with Crippen LogP contribution in [-0.4, -0.2) is 17.6 Å². The summed E-state index contributed by atoms with van der Waals surface area (Å²) in [6.07, 6.45) is 3.53. The van der Waals surface area contributed by atoms with Gasteiger partial charge in [-0.1, -0.05) is 42.1 Å². The van der Waals surface area contributed by atoms with E-state index >= 15 is 0 Å². The maximum absolute atomic E-state index is 7.25. The minimum absolute atomic E-state index is 0. The molecular formula is C9H11IN2S. The van der Waals surface area contributed by atoms with Crippen LogP contribution in [-0.2, 0) is 0 Å². The van der Waals surface area contributed by atoms with Gasteiger partial charge in [-0.3, -0.25) is 5.41 Å². The fourth-order valence-corrected chi connectivity index (χ4v) is 0.883. The summed E-state index contributed by atoms with van der Waals surface area (Å²) in [5, 5.41) is 7.58. The average Bonchev–Trinajstić information content (AvgIpc) is 2.16. The number of benzene rings is 1. The van der Waals surface area contributed by atoms with Crippen molar-refractivity contribution in [1.29, 1.82) is 5.41 Å². The number of thioether (sulfide) groups is 1. The number of nitrogens with zero attached hydrogens (tertiary/aromatic N) is 1. The molecule has 0 radical (unpaired) electrons. The first-order valence-electron chi connectivity index (χ1n) is 3.54. The molecule has 0 saturated carbocycles. The van der Waals surface area contributed by atoms with Crippen molar-refractivity contribution in [3.05, 3.63) is 35.9 Å². The number of hydrogen-bond acceptors (Lipinski definition) is 2. The van der Waals surface area contributed by atoms with Crippen molar-refractivity contribution in [2.24, 2.45) is 4.99 Å². The minimum Gasteiger partial charge on any atom is -0.277 e. The van der Waals surface area contributed by atoms with E-state index in [1.165, 1.54) is 11.8 Å². The van der Waals surface area contributed by atoms with Gasteiger partial charge >= 0.3 is 0 Å². The Morgan fingerprint density at radius 3 is 2.54 bits per heavy atom. The normalized spacial score (nSPS) is 9.62. The summed E-state index contributed by atoms with van der Waals surface area (Å²) in [7, 11) is 0. The van der Waals surface area contributed by atoms with Crippen LogP contribution in [0.2, 0.25) is 0 Å². The lowest BCUT2D eigenvalue weighted by molar-refractivity contribution is 1.50. The number of halogens is 1. The summed E-state index contributed by atoms with van der Waals surface area (Å²) in [5.41, 5.74) is 1.02. The fraction of sp³-hybridized carbons (Fsp3) is 0.111. The second-order valence-electron chi connectivity index (χ2n) is 2.18. The predicted octanol–water partition coefficient (Wildman–Crippen LogP) is 3.02. The summed E-state index contributed by atoms with van der Waals surface area (Å²) in [6, 6.07) is 9.76. The molecule has 4 heteroatoms. The summed E-state index contributed by atoms with van der Waals surface area (Å²) >= 11 is 1.33. The van der Waals surface area contributed by atoms with Gasteiger partial charge in [-0.25, -0.2) is 4.99 Å². The second-order valence-corrected chi connectivity index (χ2v) is 2.97. The van der Waals surface area contributed by atoms with Crippen LogP contribution in [0.25, 0.3) is 0 Å². The van der Waals surface area contributed by atoms with Gasteiger partial charge in [0.05, 0.1) is 0 Å². The maximum Gasteiger partial charge on any atom is 0.179 e. The largest absolute Gasteiger partial charge is 0.277 e. The summed E-state index contributed by atoms with van der Waals surface area (Å²) in [6.45, 7) is 0. The Morgan fingerprint density at radius 2 is 2.00 bits per heavy atom. The van der Waals surface area contributed by atoms with Crippen LogP contribution in [0.5, 0.6) is 0 Å². The molecule has 1 N–H and O–H groups in total. The van der Waals surface area contributed by atoms with Crippen molar-refractivity contribution in [2.75, 3.05) is 6.26 Å². The van der Waals surface area contributed by atoms with Gasteiger partial charge in [-0.2, -0.15) is 0 Å². The van der Waals surface area contributed by atoms with Gasteiger partial charge in [0.25, 0.3) is 0 Å². The molecule has 13 heavy (non-hydrogen) atoms. The van der Waals surface area contributed by atoms with Gasteiger partial charge in [0.1, 0.15) is 0 Å². The van der Waals surface area contributed by atoms with E-state index in [0.717, 1.165) is 5.56 Å². The molecule has 0 atom stereocenters. The molecule has 0 spiro atoms. The molecule has 2 nitrogen and oxygen atoms in total. The Hall–Kier alpha value is -0.360. The zero-order valence-electron chi connectivity index (χ0n) is 7.23. The van der Waals surface area contributed by atoms with E-state index in [2.05, 4.69) is 4.99 Å². The van der Waals surface area contributed by atoms with Gasteiger partial charge in [0.15, 0.2) is 5.17 Å². The second kappa shape index (κ2) is 7.08. The third-order valence-corrected chi connectivity index (χ3v) is 1.82. The highest BCUT2D eigenvalue weighted by Gasteiger charge is 1.86. The Labute approximate surface area is 99.4 Å². The summed E-state index contributed by atoms with van der Waals surface area (Å²) < 4.78 is 0. The summed E-state index contributed by atoms with van der Waals surface area (Å²) in [5.74, 6) is 0. The first-order valence-corrected chi connectivity index (χ1v) is 4.77. The van der Waals surface area contributed by atoms with Crippen molar-refractivity contribution in [2.45, 2.75) is 0 Å². The standard InChI is InChI=1S/C9H10N2S.HI/c1-12-9(10)11-7-8-5-3-2-4-6-8;/h2-7,10H,1H3;1H. The first kappa shape index (κ1) is 12.6. The van der Waals surface area contributed by atoms with E-state index in [4.69, 9.17) is 5.41 Å². The number of rotatable bonds is 1. The molecule has 1 rings (SSSR count). The highest BCUT2D eigenvalue weighted by Crippen LogP contribution is 1.98. The zero-order valence-corrected chi connectivity index (χ0v) is 10.4. The van der Waals surface area contributed by atoms with E-state index in [1.807, 2.05) is 36.6 Å². The number of aliphatic imine (C=N–C) groups is 1. The van der Waals surface area contributed by atoms with Crippen molar-refractivity contribution >= 4 is 47.1 Å². The quantitative estimate of drug-likeness (QED) is 0.483. The Bertz CT molecular complexity index is 285. The van der Waals surface area contributed by atoms with Crippen LogP contribution in [0.1, 0.15) is 5.56 Å². The molecule has 70 valence electrons. The van der Waals surface area contributed by atoms with E-state index < -0.39 is 0 Å². The molecule has 0 heterocycles. The van der Waals surface area contributed by atoms with E-state index in [1.54, 1.807) is 6.21 Å². The maximum atomic E-state index is 7.25. The highest BCUT2D eigenvalue weighted by molar-refractivity contribution is 14.0.